The number of aromatic nitrogens is 3. The summed E-state index contributed by atoms with van der Waals surface area (Å²) in [5, 5.41) is 4.53. The summed E-state index contributed by atoms with van der Waals surface area (Å²) in [5.41, 5.74) is 2.44. The molecule has 114 valence electrons. The molecule has 6 nitrogen and oxygen atoms in total. The third kappa shape index (κ3) is 3.27. The highest BCUT2D eigenvalue weighted by atomic mass is 79.9. The molecule has 0 aromatic carbocycles. The van der Waals surface area contributed by atoms with Crippen LogP contribution in [0.25, 0.3) is 11.0 Å². The number of fused-ring (bicyclic) bond motifs is 1. The second-order valence-corrected chi connectivity index (χ2v) is 7.75. The Hall–Kier alpha value is -0.990. The molecule has 21 heavy (non-hydrogen) atoms. The van der Waals surface area contributed by atoms with E-state index in [0.29, 0.717) is 6.04 Å². The minimum absolute atomic E-state index is 0.00472. The lowest BCUT2D eigenvalue weighted by molar-refractivity contribution is 0.311. The largest absolute Gasteiger partial charge is 0.265 e. The molecule has 1 saturated carbocycles. The van der Waals surface area contributed by atoms with Gasteiger partial charge in [0.2, 0.25) is 0 Å². The second kappa shape index (κ2) is 5.66. The minimum atomic E-state index is -3.46. The van der Waals surface area contributed by atoms with E-state index in [2.05, 4.69) is 26.0 Å². The molecule has 8 heteroatoms. The number of hydrogen-bond acceptors (Lipinski definition) is 5. The fourth-order valence-corrected chi connectivity index (χ4v) is 3.53. The molecule has 2 aromatic heterocycles. The van der Waals surface area contributed by atoms with Gasteiger partial charge in [-0.2, -0.15) is 13.5 Å². The molecule has 2 aromatic rings. The molecule has 0 saturated heterocycles. The molecule has 0 aliphatic heterocycles. The van der Waals surface area contributed by atoms with Crippen LogP contribution in [0.2, 0.25) is 0 Å². The van der Waals surface area contributed by atoms with Crippen LogP contribution in [0, 0.1) is 0 Å². The van der Waals surface area contributed by atoms with E-state index in [1.54, 1.807) is 6.20 Å². The standard InChI is InChI=1S/C13H16BrN3O3S/c1-21(18,19)20-8-9-6-11-12(15-7-9)13(14)16-17(11)10-4-2-3-5-10/h6-7,10H,2-5,8H2,1H3. The van der Waals surface area contributed by atoms with Gasteiger partial charge in [-0.1, -0.05) is 12.8 Å². The molecule has 0 atom stereocenters. The number of nitrogens with zero attached hydrogens (tertiary/aromatic N) is 3. The first-order valence-corrected chi connectivity index (χ1v) is 9.42. The van der Waals surface area contributed by atoms with Crippen LogP contribution < -0.4 is 0 Å². The zero-order valence-electron chi connectivity index (χ0n) is 11.6. The summed E-state index contributed by atoms with van der Waals surface area (Å²) in [6, 6.07) is 2.30. The predicted molar refractivity (Wildman–Crippen MR) is 82.4 cm³/mol. The van der Waals surface area contributed by atoms with Gasteiger partial charge in [0.1, 0.15) is 5.52 Å². The smallest absolute Gasteiger partial charge is 0.264 e. The lowest BCUT2D eigenvalue weighted by Gasteiger charge is -2.11. The molecule has 0 spiro atoms. The van der Waals surface area contributed by atoms with Gasteiger partial charge in [0.05, 0.1) is 24.4 Å². The van der Waals surface area contributed by atoms with Crippen molar-refractivity contribution in [2.75, 3.05) is 6.26 Å². The minimum Gasteiger partial charge on any atom is -0.265 e. The molecule has 0 amide bonds. The van der Waals surface area contributed by atoms with Gasteiger partial charge in [-0.05, 0) is 40.4 Å². The number of halogens is 1. The van der Waals surface area contributed by atoms with Gasteiger partial charge < -0.3 is 0 Å². The summed E-state index contributed by atoms with van der Waals surface area (Å²) in [6.45, 7) is -0.00472. The Bertz CT molecular complexity index is 766. The topological polar surface area (TPSA) is 74.1 Å². The summed E-state index contributed by atoms with van der Waals surface area (Å²) in [4.78, 5) is 4.37. The van der Waals surface area contributed by atoms with Gasteiger partial charge in [0.15, 0.2) is 4.60 Å². The van der Waals surface area contributed by atoms with Crippen LogP contribution in [0.1, 0.15) is 37.3 Å². The van der Waals surface area contributed by atoms with Gasteiger partial charge in [0.25, 0.3) is 10.1 Å². The Labute approximate surface area is 131 Å². The Morgan fingerprint density at radius 3 is 2.81 bits per heavy atom. The van der Waals surface area contributed by atoms with Gasteiger partial charge in [0, 0.05) is 6.20 Å². The quantitative estimate of drug-likeness (QED) is 0.770. The first kappa shape index (κ1) is 14.9. The molecule has 1 fully saturated rings. The van der Waals surface area contributed by atoms with Crippen LogP contribution in [-0.4, -0.2) is 29.4 Å². The summed E-state index contributed by atoms with van der Waals surface area (Å²) in [6.07, 6.45) is 7.33. The van der Waals surface area contributed by atoms with E-state index >= 15 is 0 Å². The molecule has 0 radical (unpaired) electrons. The highest BCUT2D eigenvalue weighted by Gasteiger charge is 2.21. The Morgan fingerprint density at radius 2 is 2.14 bits per heavy atom. The zero-order chi connectivity index (χ0) is 15.0. The molecular formula is C13H16BrN3O3S. The monoisotopic (exact) mass is 373 g/mol. The van der Waals surface area contributed by atoms with Gasteiger partial charge in [-0.3, -0.25) is 13.8 Å². The van der Waals surface area contributed by atoms with Crippen molar-refractivity contribution < 1.29 is 12.6 Å². The van der Waals surface area contributed by atoms with Crippen molar-refractivity contribution in [3.05, 3.63) is 22.4 Å². The van der Waals surface area contributed by atoms with Crippen molar-refractivity contribution in [3.63, 3.8) is 0 Å². The Balaban J connectivity index is 1.96. The summed E-state index contributed by atoms with van der Waals surface area (Å²) in [7, 11) is -3.46. The fraction of sp³-hybridized carbons (Fsp3) is 0.538. The highest BCUT2D eigenvalue weighted by molar-refractivity contribution is 9.10. The lowest BCUT2D eigenvalue weighted by Crippen LogP contribution is -2.07. The van der Waals surface area contributed by atoms with Gasteiger partial charge in [-0.25, -0.2) is 0 Å². The molecule has 1 aliphatic carbocycles. The third-order valence-corrected chi connectivity index (χ3v) is 4.75. The number of pyridine rings is 1. The zero-order valence-corrected chi connectivity index (χ0v) is 14.0. The first-order valence-electron chi connectivity index (χ1n) is 6.81. The second-order valence-electron chi connectivity index (χ2n) is 5.35. The van der Waals surface area contributed by atoms with Crippen molar-refractivity contribution in [2.45, 2.75) is 38.3 Å². The van der Waals surface area contributed by atoms with E-state index in [4.69, 9.17) is 4.18 Å². The first-order chi connectivity index (χ1) is 9.94. The van der Waals surface area contributed by atoms with Crippen LogP contribution in [0.15, 0.2) is 16.9 Å². The average Bonchev–Trinajstić information content (AvgIpc) is 3.04. The van der Waals surface area contributed by atoms with Crippen LogP contribution in [0.3, 0.4) is 0 Å². The molecule has 1 aliphatic rings. The number of hydrogen-bond donors (Lipinski definition) is 0. The predicted octanol–water partition coefficient (Wildman–Crippen LogP) is 2.79. The molecule has 0 bridgehead atoms. The fourth-order valence-electron chi connectivity index (χ4n) is 2.71. The normalized spacial score (nSPS) is 16.9. The molecule has 2 heterocycles. The Kier molecular flexibility index (Phi) is 4.02. The van der Waals surface area contributed by atoms with Crippen molar-refractivity contribution in [3.8, 4) is 0 Å². The Morgan fingerprint density at radius 1 is 1.43 bits per heavy atom. The summed E-state index contributed by atoms with van der Waals surface area (Å²) < 4.78 is 29.7. The maximum Gasteiger partial charge on any atom is 0.264 e. The van der Waals surface area contributed by atoms with Crippen molar-refractivity contribution >= 4 is 37.1 Å². The van der Waals surface area contributed by atoms with E-state index < -0.39 is 10.1 Å². The van der Waals surface area contributed by atoms with Crippen LogP contribution in [0.4, 0.5) is 0 Å². The average molecular weight is 374 g/mol. The molecule has 0 N–H and O–H groups in total. The van der Waals surface area contributed by atoms with Gasteiger partial charge >= 0.3 is 0 Å². The van der Waals surface area contributed by atoms with Crippen molar-refractivity contribution in [2.24, 2.45) is 0 Å². The SMILES string of the molecule is CS(=O)(=O)OCc1cnc2c(Br)nn(C3CCCC3)c2c1. The summed E-state index contributed by atoms with van der Waals surface area (Å²) >= 11 is 3.44. The highest BCUT2D eigenvalue weighted by Crippen LogP contribution is 2.33. The van der Waals surface area contributed by atoms with E-state index in [-0.39, 0.29) is 6.61 Å². The van der Waals surface area contributed by atoms with Crippen LogP contribution in [0.5, 0.6) is 0 Å². The van der Waals surface area contributed by atoms with Crippen LogP contribution >= 0.6 is 15.9 Å². The maximum atomic E-state index is 11.1. The van der Waals surface area contributed by atoms with E-state index in [1.807, 2.05) is 10.7 Å². The van der Waals surface area contributed by atoms with Crippen LogP contribution in [-0.2, 0) is 20.9 Å². The maximum absolute atomic E-state index is 11.1. The van der Waals surface area contributed by atoms with Crippen molar-refractivity contribution in [1.82, 2.24) is 14.8 Å². The molecule has 0 unspecified atom stereocenters. The van der Waals surface area contributed by atoms with E-state index in [0.717, 1.165) is 40.3 Å². The molecular weight excluding hydrogens is 358 g/mol. The van der Waals surface area contributed by atoms with Gasteiger partial charge in [-0.15, -0.1) is 0 Å². The van der Waals surface area contributed by atoms with E-state index in [1.165, 1.54) is 12.8 Å². The van der Waals surface area contributed by atoms with E-state index in [9.17, 15) is 8.42 Å². The van der Waals surface area contributed by atoms with Crippen molar-refractivity contribution in [1.29, 1.82) is 0 Å². The third-order valence-electron chi connectivity index (χ3n) is 3.67. The summed E-state index contributed by atoms with van der Waals surface area (Å²) in [5.74, 6) is 0. The lowest BCUT2D eigenvalue weighted by atomic mass is 10.2. The molecule has 3 rings (SSSR count). The number of rotatable bonds is 4.